The third-order valence-corrected chi connectivity index (χ3v) is 5.99. The van der Waals surface area contributed by atoms with E-state index in [0.717, 1.165) is 23.4 Å². The zero-order valence-electron chi connectivity index (χ0n) is 17.0. The van der Waals surface area contributed by atoms with Gasteiger partial charge in [0.05, 0.1) is 32.7 Å². The van der Waals surface area contributed by atoms with Crippen molar-refractivity contribution in [1.82, 2.24) is 4.90 Å². The van der Waals surface area contributed by atoms with Crippen molar-refractivity contribution in [1.29, 1.82) is 5.26 Å². The molecule has 0 saturated heterocycles. The highest BCUT2D eigenvalue weighted by Gasteiger charge is 2.10. The summed E-state index contributed by atoms with van der Waals surface area (Å²) in [6.07, 6.45) is 3.34. The number of hydrogen-bond donors (Lipinski definition) is 0. The van der Waals surface area contributed by atoms with E-state index in [9.17, 15) is 4.21 Å². The summed E-state index contributed by atoms with van der Waals surface area (Å²) in [6, 6.07) is 12.9. The second-order valence-corrected chi connectivity index (χ2v) is 8.88. The second kappa shape index (κ2) is 9.38. The third-order valence-electron chi connectivity index (χ3n) is 4.24. The van der Waals surface area contributed by atoms with Gasteiger partial charge in [0.25, 0.3) is 0 Å². The van der Waals surface area contributed by atoms with Crippen LogP contribution in [0.25, 0.3) is 0 Å². The Labute approximate surface area is 167 Å². The van der Waals surface area contributed by atoms with E-state index in [1.165, 1.54) is 6.26 Å². The molecule has 0 aromatic heterocycles. The molecule has 0 aliphatic rings. The van der Waals surface area contributed by atoms with E-state index in [-0.39, 0.29) is 6.54 Å². The first-order valence-corrected chi connectivity index (χ1v) is 10.9. The first-order chi connectivity index (χ1) is 13.3. The van der Waals surface area contributed by atoms with Crippen molar-refractivity contribution < 1.29 is 8.95 Å². The number of rotatable bonds is 7. The molecule has 6 nitrogen and oxygen atoms in total. The van der Waals surface area contributed by atoms with Gasteiger partial charge in [-0.1, -0.05) is 6.07 Å². The molecule has 2 aromatic carbocycles. The molecule has 0 heterocycles. The lowest BCUT2D eigenvalue weighted by atomic mass is 10.1. The average Bonchev–Trinajstić information content (AvgIpc) is 2.67. The fraction of sp³-hybridized carbons (Fsp3) is 0.333. The zero-order chi connectivity index (χ0) is 20.7. The molecular weight excluding hydrogens is 372 g/mol. The number of nitriles is 1. The molecule has 0 N–H and O–H groups in total. The van der Waals surface area contributed by atoms with Crippen LogP contribution in [0.4, 0.5) is 5.69 Å². The van der Waals surface area contributed by atoms with Crippen molar-refractivity contribution in [2.75, 3.05) is 26.4 Å². The standard InChI is InChI=1S/C21H26N4O2S/c1-6-25(4)15-23-20-12-17(3)21(13-16(20)2)27-18-8-7-9-19(14-18)28(5,26)24-11-10-22/h7-9,12-15H,6,11H2,1-5H3. The molecule has 0 saturated carbocycles. The van der Waals surface area contributed by atoms with E-state index in [1.54, 1.807) is 24.3 Å². The second-order valence-electron chi connectivity index (χ2n) is 6.55. The Bertz CT molecular complexity index is 1030. The molecule has 2 aromatic rings. The highest BCUT2D eigenvalue weighted by molar-refractivity contribution is 7.93. The summed E-state index contributed by atoms with van der Waals surface area (Å²) >= 11 is 0. The fourth-order valence-electron chi connectivity index (χ4n) is 2.39. The number of hydrogen-bond acceptors (Lipinski definition) is 5. The molecule has 0 amide bonds. The minimum absolute atomic E-state index is 0.103. The summed E-state index contributed by atoms with van der Waals surface area (Å²) in [7, 11) is -0.655. The van der Waals surface area contributed by atoms with Gasteiger partial charge in [0.1, 0.15) is 18.0 Å². The number of benzene rings is 2. The van der Waals surface area contributed by atoms with Crippen molar-refractivity contribution in [3.05, 3.63) is 47.5 Å². The van der Waals surface area contributed by atoms with E-state index in [2.05, 4.69) is 16.3 Å². The van der Waals surface area contributed by atoms with Gasteiger partial charge in [-0.05, 0) is 62.2 Å². The summed E-state index contributed by atoms with van der Waals surface area (Å²) in [5, 5.41) is 8.68. The molecule has 0 fully saturated rings. The summed E-state index contributed by atoms with van der Waals surface area (Å²) in [6.45, 7) is 6.80. The average molecular weight is 399 g/mol. The van der Waals surface area contributed by atoms with Gasteiger partial charge in [-0.25, -0.2) is 13.6 Å². The molecule has 0 radical (unpaired) electrons. The van der Waals surface area contributed by atoms with E-state index < -0.39 is 9.73 Å². The first-order valence-electron chi connectivity index (χ1n) is 8.95. The zero-order valence-corrected chi connectivity index (χ0v) is 17.8. The van der Waals surface area contributed by atoms with Crippen molar-refractivity contribution in [3.63, 3.8) is 0 Å². The van der Waals surface area contributed by atoms with Crippen molar-refractivity contribution in [2.45, 2.75) is 25.7 Å². The van der Waals surface area contributed by atoms with E-state index in [0.29, 0.717) is 16.4 Å². The maximum atomic E-state index is 12.7. The molecule has 2 rings (SSSR count). The maximum absolute atomic E-state index is 12.7. The lowest BCUT2D eigenvalue weighted by Gasteiger charge is -2.13. The van der Waals surface area contributed by atoms with Crippen LogP contribution in [0.3, 0.4) is 0 Å². The minimum atomic E-state index is -2.63. The van der Waals surface area contributed by atoms with Gasteiger partial charge in [-0.3, -0.25) is 0 Å². The van der Waals surface area contributed by atoms with Gasteiger partial charge in [-0.15, -0.1) is 0 Å². The third kappa shape index (κ3) is 5.57. The van der Waals surface area contributed by atoms with Crippen molar-refractivity contribution in [2.24, 2.45) is 9.36 Å². The molecule has 28 heavy (non-hydrogen) atoms. The van der Waals surface area contributed by atoms with Gasteiger partial charge in [-0.2, -0.15) is 5.26 Å². The smallest absolute Gasteiger partial charge is 0.135 e. The molecule has 148 valence electrons. The first kappa shape index (κ1) is 21.5. The van der Waals surface area contributed by atoms with E-state index >= 15 is 0 Å². The van der Waals surface area contributed by atoms with E-state index in [1.807, 2.05) is 50.3 Å². The van der Waals surface area contributed by atoms with Crippen LogP contribution in [0.2, 0.25) is 0 Å². The molecule has 0 spiro atoms. The lowest BCUT2D eigenvalue weighted by molar-refractivity contribution is 0.477. The predicted octanol–water partition coefficient (Wildman–Crippen LogP) is 4.69. The van der Waals surface area contributed by atoms with Crippen LogP contribution in [0.1, 0.15) is 18.1 Å². The summed E-state index contributed by atoms with van der Waals surface area (Å²) in [5.74, 6) is 1.29. The normalized spacial score (nSPS) is 13.0. The number of nitrogens with zero attached hydrogens (tertiary/aromatic N) is 4. The van der Waals surface area contributed by atoms with Crippen LogP contribution in [-0.2, 0) is 9.73 Å². The fourth-order valence-corrected chi connectivity index (χ4v) is 3.51. The summed E-state index contributed by atoms with van der Waals surface area (Å²) in [5.41, 5.74) is 2.85. The molecule has 7 heteroatoms. The van der Waals surface area contributed by atoms with Crippen LogP contribution in [-0.4, -0.2) is 41.8 Å². The number of aliphatic imine (C=N–C) groups is 1. The molecule has 0 aliphatic carbocycles. The molecule has 1 unspecified atom stereocenters. The highest BCUT2D eigenvalue weighted by Crippen LogP contribution is 2.32. The lowest BCUT2D eigenvalue weighted by Crippen LogP contribution is -2.14. The van der Waals surface area contributed by atoms with Crippen LogP contribution in [0.15, 0.2) is 50.6 Å². The van der Waals surface area contributed by atoms with Gasteiger partial charge in [0.2, 0.25) is 0 Å². The van der Waals surface area contributed by atoms with Gasteiger partial charge < -0.3 is 9.64 Å². The van der Waals surface area contributed by atoms with Crippen LogP contribution >= 0.6 is 0 Å². The van der Waals surface area contributed by atoms with Gasteiger partial charge in [0, 0.05) is 19.8 Å². The predicted molar refractivity (Wildman–Crippen MR) is 114 cm³/mol. The summed E-state index contributed by atoms with van der Waals surface area (Å²) < 4.78 is 22.7. The Morgan fingerprint density at radius 2 is 2.00 bits per heavy atom. The molecule has 0 aliphatic heterocycles. The maximum Gasteiger partial charge on any atom is 0.135 e. The van der Waals surface area contributed by atoms with Gasteiger partial charge in [0.15, 0.2) is 0 Å². The van der Waals surface area contributed by atoms with Crippen LogP contribution in [0, 0.1) is 25.2 Å². The van der Waals surface area contributed by atoms with Crippen molar-refractivity contribution >= 4 is 21.8 Å². The van der Waals surface area contributed by atoms with Crippen LogP contribution < -0.4 is 4.74 Å². The van der Waals surface area contributed by atoms with E-state index in [4.69, 9.17) is 10.00 Å². The SMILES string of the molecule is CCN(C)C=Nc1cc(C)c(Oc2cccc(S(C)(=O)=NCC#N)c2)cc1C. The largest absolute Gasteiger partial charge is 0.457 e. The Balaban J connectivity index is 2.31. The number of ether oxygens (including phenoxy) is 1. The molecule has 1 atom stereocenters. The Hall–Kier alpha value is -2.85. The quantitative estimate of drug-likeness (QED) is 0.385. The van der Waals surface area contributed by atoms with Crippen molar-refractivity contribution in [3.8, 4) is 17.6 Å². The summed E-state index contributed by atoms with van der Waals surface area (Å²) in [4.78, 5) is 7.07. The molecule has 0 bridgehead atoms. The van der Waals surface area contributed by atoms with Gasteiger partial charge >= 0.3 is 0 Å². The number of aryl methyl sites for hydroxylation is 2. The monoisotopic (exact) mass is 398 g/mol. The minimum Gasteiger partial charge on any atom is -0.457 e. The molecular formula is C21H26N4O2S. The topological polar surface area (TPSA) is 78.0 Å². The van der Waals surface area contributed by atoms with Crippen LogP contribution in [0.5, 0.6) is 11.5 Å². The Morgan fingerprint density at radius 3 is 2.68 bits per heavy atom. The Kier molecular flexibility index (Phi) is 7.18. The highest BCUT2D eigenvalue weighted by atomic mass is 32.2. The Morgan fingerprint density at radius 1 is 1.25 bits per heavy atom.